The molecule has 0 aliphatic carbocycles. The highest BCUT2D eigenvalue weighted by Gasteiger charge is 2.56. The minimum absolute atomic E-state index is 0.193. The summed E-state index contributed by atoms with van der Waals surface area (Å²) < 4.78 is 23.2. The van der Waals surface area contributed by atoms with Crippen molar-refractivity contribution in [3.05, 3.63) is 0 Å². The number of rotatable bonds is 29. The van der Waals surface area contributed by atoms with Crippen molar-refractivity contribution < 1.29 is 69.7 Å². The maximum atomic E-state index is 13.0. The molecule has 2 aliphatic rings. The molecule has 0 radical (unpaired) electrons. The summed E-state index contributed by atoms with van der Waals surface area (Å²) in [7, 11) is 0. The molecule has 2 saturated heterocycles. The number of unbranched alkanes of at least 4 members (excludes halogenated alkanes) is 15. The third-order valence-corrected chi connectivity index (χ3v) is 10.8. The average molecular weight is 782 g/mol. The van der Waals surface area contributed by atoms with E-state index in [1.807, 2.05) is 0 Å². The molecule has 0 unspecified atom stereocenters. The fourth-order valence-corrected chi connectivity index (χ4v) is 7.21. The van der Waals surface area contributed by atoms with Gasteiger partial charge < -0.3 is 70.2 Å². The van der Waals surface area contributed by atoms with E-state index in [0.717, 1.165) is 44.9 Å². The molecule has 15 heteroatoms. The highest BCUT2D eigenvalue weighted by atomic mass is 16.8. The second-order valence-corrected chi connectivity index (χ2v) is 15.5. The Labute approximate surface area is 322 Å². The van der Waals surface area contributed by atoms with E-state index >= 15 is 0 Å². The van der Waals surface area contributed by atoms with E-state index < -0.39 is 99.0 Å². The highest BCUT2D eigenvalue weighted by Crippen LogP contribution is 2.36. The zero-order valence-corrected chi connectivity index (χ0v) is 33.1. The second kappa shape index (κ2) is 26.8. The number of aliphatic hydroxyl groups excluding tert-OH is 9. The summed E-state index contributed by atoms with van der Waals surface area (Å²) in [5.74, 6) is -2.52. The van der Waals surface area contributed by atoms with E-state index in [2.05, 4.69) is 19.2 Å². The highest BCUT2D eigenvalue weighted by molar-refractivity contribution is 5.76. The van der Waals surface area contributed by atoms with Crippen LogP contribution in [-0.4, -0.2) is 151 Å². The maximum absolute atomic E-state index is 13.0. The number of hydrogen-bond donors (Lipinski definition) is 10. The maximum Gasteiger partial charge on any atom is 0.220 e. The molecule has 0 aromatic heterocycles. The molecule has 0 bridgehead atoms. The lowest BCUT2D eigenvalue weighted by molar-refractivity contribution is -0.405. The van der Waals surface area contributed by atoms with Gasteiger partial charge in [0.15, 0.2) is 12.1 Å². The molecule has 320 valence electrons. The van der Waals surface area contributed by atoms with Gasteiger partial charge in [-0.3, -0.25) is 4.79 Å². The monoisotopic (exact) mass is 782 g/mol. The van der Waals surface area contributed by atoms with Gasteiger partial charge in [-0.2, -0.15) is 0 Å². The van der Waals surface area contributed by atoms with Crippen LogP contribution >= 0.6 is 0 Å². The van der Waals surface area contributed by atoms with Crippen molar-refractivity contribution in [2.24, 2.45) is 0 Å². The minimum Gasteiger partial charge on any atom is -0.394 e. The van der Waals surface area contributed by atoms with Crippen LogP contribution < -0.4 is 5.32 Å². The molecule has 0 aromatic rings. The van der Waals surface area contributed by atoms with Crippen molar-refractivity contribution in [3.8, 4) is 0 Å². The zero-order valence-electron chi connectivity index (χ0n) is 33.1. The molecule has 0 aromatic carbocycles. The predicted octanol–water partition coefficient (Wildman–Crippen LogP) is 1.68. The quantitative estimate of drug-likeness (QED) is 0.0486. The SMILES string of the molecule is CCCCCCCCCCCCCC[C@@H](O)[C@@H](O)[C@H](CO[C@H]1O[C@H](CO)[C@H](O)[C@H](O)[C@H]1O[C@@]1(C)O[C@H](CO)[C@H](O)[C@H](O)[C@H]1O)NC(=O)CCCCCCC. The van der Waals surface area contributed by atoms with Crippen molar-refractivity contribution in [3.63, 3.8) is 0 Å². The molecular formula is C39H75NO14. The van der Waals surface area contributed by atoms with Crippen molar-refractivity contribution >= 4 is 5.91 Å². The lowest BCUT2D eigenvalue weighted by Gasteiger charge is -2.50. The van der Waals surface area contributed by atoms with Gasteiger partial charge in [0.25, 0.3) is 0 Å². The Morgan fingerprint density at radius 3 is 1.74 bits per heavy atom. The fourth-order valence-electron chi connectivity index (χ4n) is 7.21. The third-order valence-electron chi connectivity index (χ3n) is 10.8. The molecule has 54 heavy (non-hydrogen) atoms. The Balaban J connectivity index is 2.08. The molecule has 2 fully saturated rings. The minimum atomic E-state index is -2.16. The standard InChI is InChI=1S/C39H75NO14/c1-4-6-8-10-11-12-13-14-15-16-18-19-21-27(43)31(45)26(40-30(44)22-20-17-9-7-5-2)25-51-38-36(34(48)32(46)28(23-41)52-38)54-39(3)37(50)35(49)33(47)29(24-42)53-39/h26-29,31-38,41-43,45-50H,4-25H2,1-3H3,(H,40,44)/t26-,27+,28+,29+,31-,32-,33-,34-,35-,36+,37+,38-,39+/m0/s1. The number of amides is 1. The van der Waals surface area contributed by atoms with Gasteiger partial charge in [0.05, 0.1) is 32.0 Å². The van der Waals surface area contributed by atoms with E-state index in [1.54, 1.807) is 0 Å². The largest absolute Gasteiger partial charge is 0.394 e. The fraction of sp³-hybridized carbons (Fsp3) is 0.974. The Morgan fingerprint density at radius 2 is 1.20 bits per heavy atom. The molecule has 2 aliphatic heterocycles. The van der Waals surface area contributed by atoms with Crippen LogP contribution in [0.15, 0.2) is 0 Å². The molecule has 0 saturated carbocycles. The number of carbonyl (C=O) groups is 1. The van der Waals surface area contributed by atoms with E-state index in [1.165, 1.54) is 58.3 Å². The molecule has 15 nitrogen and oxygen atoms in total. The summed E-state index contributed by atoms with van der Waals surface area (Å²) >= 11 is 0. The van der Waals surface area contributed by atoms with Gasteiger partial charge in [0, 0.05) is 6.42 Å². The molecule has 2 heterocycles. The third kappa shape index (κ3) is 16.1. The van der Waals surface area contributed by atoms with Crippen molar-refractivity contribution in [1.82, 2.24) is 5.32 Å². The number of ether oxygens (including phenoxy) is 4. The van der Waals surface area contributed by atoms with Gasteiger partial charge >= 0.3 is 0 Å². The van der Waals surface area contributed by atoms with Crippen LogP contribution in [-0.2, 0) is 23.7 Å². The Bertz CT molecular complexity index is 980. The molecule has 2 rings (SSSR count). The van der Waals surface area contributed by atoms with Crippen LogP contribution in [0.25, 0.3) is 0 Å². The number of hydrogen-bond acceptors (Lipinski definition) is 14. The topological polar surface area (TPSA) is 248 Å². The molecule has 10 N–H and O–H groups in total. The lowest BCUT2D eigenvalue weighted by atomic mass is 9.92. The lowest BCUT2D eigenvalue weighted by Crippen LogP contribution is -2.69. The van der Waals surface area contributed by atoms with Crippen LogP contribution in [0.4, 0.5) is 0 Å². The van der Waals surface area contributed by atoms with Gasteiger partial charge in [-0.15, -0.1) is 0 Å². The van der Waals surface area contributed by atoms with Gasteiger partial charge in [0.1, 0.15) is 54.9 Å². The summed E-state index contributed by atoms with van der Waals surface area (Å²) in [6.07, 6.45) is 1.40. The number of aliphatic hydroxyl groups is 9. The van der Waals surface area contributed by atoms with Gasteiger partial charge in [0.2, 0.25) is 5.91 Å². The van der Waals surface area contributed by atoms with Crippen molar-refractivity contribution in [2.75, 3.05) is 19.8 Å². The first-order chi connectivity index (χ1) is 25.8. The van der Waals surface area contributed by atoms with Crippen molar-refractivity contribution in [2.45, 2.75) is 222 Å². The first-order valence-electron chi connectivity index (χ1n) is 20.7. The summed E-state index contributed by atoms with van der Waals surface area (Å²) in [4.78, 5) is 13.0. The number of nitrogens with one attached hydrogen (secondary N) is 1. The number of carbonyl (C=O) groups excluding carboxylic acids is 1. The van der Waals surface area contributed by atoms with Crippen LogP contribution in [0.1, 0.15) is 143 Å². The molecule has 13 atom stereocenters. The predicted molar refractivity (Wildman–Crippen MR) is 200 cm³/mol. The summed E-state index contributed by atoms with van der Waals surface area (Å²) in [6.45, 7) is 3.59. The zero-order chi connectivity index (χ0) is 40.1. The van der Waals surface area contributed by atoms with E-state index in [4.69, 9.17) is 18.9 Å². The Morgan fingerprint density at radius 1 is 0.704 bits per heavy atom. The van der Waals surface area contributed by atoms with Crippen LogP contribution in [0.3, 0.4) is 0 Å². The molecule has 0 spiro atoms. The Kier molecular flexibility index (Phi) is 24.4. The van der Waals surface area contributed by atoms with Crippen LogP contribution in [0.5, 0.6) is 0 Å². The van der Waals surface area contributed by atoms with Crippen LogP contribution in [0, 0.1) is 0 Å². The van der Waals surface area contributed by atoms with E-state index in [9.17, 15) is 50.8 Å². The molecular weight excluding hydrogens is 706 g/mol. The average Bonchev–Trinajstić information content (AvgIpc) is 3.16. The van der Waals surface area contributed by atoms with E-state index in [0.29, 0.717) is 19.3 Å². The van der Waals surface area contributed by atoms with Gasteiger partial charge in [-0.1, -0.05) is 117 Å². The normalized spacial score (nSPS) is 32.0. The smallest absolute Gasteiger partial charge is 0.220 e. The van der Waals surface area contributed by atoms with Gasteiger partial charge in [-0.25, -0.2) is 0 Å². The molecule has 1 amide bonds. The van der Waals surface area contributed by atoms with Gasteiger partial charge in [-0.05, 0) is 19.8 Å². The summed E-state index contributed by atoms with van der Waals surface area (Å²) in [6, 6.07) is -1.14. The van der Waals surface area contributed by atoms with Crippen molar-refractivity contribution in [1.29, 1.82) is 0 Å². The Hall–Kier alpha value is -1.05. The summed E-state index contributed by atoms with van der Waals surface area (Å²) in [5, 5.41) is 97.9. The second-order valence-electron chi connectivity index (χ2n) is 15.5. The van der Waals surface area contributed by atoms with E-state index in [-0.39, 0.29) is 12.3 Å². The van der Waals surface area contributed by atoms with Crippen LogP contribution in [0.2, 0.25) is 0 Å². The summed E-state index contributed by atoms with van der Waals surface area (Å²) in [5.41, 5.74) is 0. The first-order valence-corrected chi connectivity index (χ1v) is 20.7. The first kappa shape index (κ1) is 49.1.